The van der Waals surface area contributed by atoms with Gasteiger partial charge in [0.25, 0.3) is 0 Å². The Morgan fingerprint density at radius 1 is 1.00 bits per heavy atom. The van der Waals surface area contributed by atoms with Crippen LogP contribution in [0.25, 0.3) is 27.8 Å². The van der Waals surface area contributed by atoms with Crippen molar-refractivity contribution in [2.75, 3.05) is 0 Å². The zero-order valence-corrected chi connectivity index (χ0v) is 13.8. The van der Waals surface area contributed by atoms with Gasteiger partial charge in [0.2, 0.25) is 0 Å². The van der Waals surface area contributed by atoms with Gasteiger partial charge < -0.3 is 9.55 Å². The Morgan fingerprint density at radius 2 is 1.74 bits per heavy atom. The Kier molecular flexibility index (Phi) is 3.52. The number of H-pyrrole nitrogens is 1. The summed E-state index contributed by atoms with van der Waals surface area (Å²) in [4.78, 5) is 8.41. The molecule has 0 amide bonds. The lowest BCUT2D eigenvalue weighted by Gasteiger charge is -2.03. The van der Waals surface area contributed by atoms with E-state index in [-0.39, 0.29) is 0 Å². The molecule has 0 saturated heterocycles. The lowest BCUT2D eigenvalue weighted by Crippen LogP contribution is -1.93. The number of aromatic amines is 1. The number of fused-ring (bicyclic) bond motifs is 1. The van der Waals surface area contributed by atoms with E-state index in [2.05, 4.69) is 45.5 Å². The van der Waals surface area contributed by atoms with Gasteiger partial charge in [-0.15, -0.1) is 12.6 Å². The number of nitrogens with zero attached hydrogens (tertiary/aromatic N) is 2. The zero-order valence-electron chi connectivity index (χ0n) is 12.1. The summed E-state index contributed by atoms with van der Waals surface area (Å²) >= 11 is 9.83. The second kappa shape index (κ2) is 5.68. The van der Waals surface area contributed by atoms with Crippen LogP contribution in [0.2, 0.25) is 0 Å². The number of rotatable bonds is 2. The number of nitrogens with one attached hydrogen (secondary N) is 1. The van der Waals surface area contributed by atoms with Gasteiger partial charge >= 0.3 is 0 Å². The first kappa shape index (κ1) is 14.2. The third-order valence-corrected chi connectivity index (χ3v) is 4.42. The fourth-order valence-electron chi connectivity index (χ4n) is 2.73. The molecule has 2 heterocycles. The molecule has 0 bridgehead atoms. The fraction of sp³-hybridized carbons (Fsp3) is 0. The Bertz CT molecular complexity index is 1030. The molecule has 0 radical (unpaired) electrons. The summed E-state index contributed by atoms with van der Waals surface area (Å²) < 4.78 is 2.70. The second-order valence-corrected chi connectivity index (χ2v) is 6.13. The minimum atomic E-state index is 0.596. The Balaban J connectivity index is 2.06. The first-order valence-corrected chi connectivity index (χ1v) is 8.03. The molecule has 5 heteroatoms. The first-order chi connectivity index (χ1) is 11.2. The van der Waals surface area contributed by atoms with Crippen LogP contribution in [0.1, 0.15) is 0 Å². The molecule has 2 aromatic heterocycles. The van der Waals surface area contributed by atoms with Crippen LogP contribution in [0, 0.1) is 4.64 Å². The normalized spacial score (nSPS) is 11.0. The van der Waals surface area contributed by atoms with Gasteiger partial charge in [-0.2, -0.15) is 0 Å². The topological polar surface area (TPSA) is 33.6 Å². The van der Waals surface area contributed by atoms with E-state index in [0.29, 0.717) is 4.64 Å². The summed E-state index contributed by atoms with van der Waals surface area (Å²) in [7, 11) is 0. The molecule has 0 spiro atoms. The van der Waals surface area contributed by atoms with Gasteiger partial charge in [0.1, 0.15) is 10.3 Å². The highest BCUT2D eigenvalue weighted by Crippen LogP contribution is 2.32. The zero-order chi connectivity index (χ0) is 15.8. The van der Waals surface area contributed by atoms with E-state index >= 15 is 0 Å². The highest BCUT2D eigenvalue weighted by Gasteiger charge is 2.13. The highest BCUT2D eigenvalue weighted by atomic mass is 32.1. The number of hydrogen-bond acceptors (Lipinski definition) is 3. The maximum atomic E-state index is 5.47. The lowest BCUT2D eigenvalue weighted by atomic mass is 10.1. The van der Waals surface area contributed by atoms with Crippen molar-refractivity contribution >= 4 is 35.9 Å². The van der Waals surface area contributed by atoms with Crippen LogP contribution in [-0.2, 0) is 0 Å². The Labute approximate surface area is 144 Å². The average molecular weight is 335 g/mol. The summed E-state index contributed by atoms with van der Waals surface area (Å²) in [6.45, 7) is 0. The Hall–Kier alpha value is -2.37. The first-order valence-electron chi connectivity index (χ1n) is 7.17. The van der Waals surface area contributed by atoms with E-state index in [1.54, 1.807) is 6.33 Å². The van der Waals surface area contributed by atoms with Crippen LogP contribution in [0.15, 0.2) is 72.0 Å². The number of benzene rings is 2. The molecule has 23 heavy (non-hydrogen) atoms. The molecule has 0 aliphatic rings. The molecule has 0 aliphatic heterocycles. The average Bonchev–Trinajstić information content (AvgIpc) is 2.97. The van der Waals surface area contributed by atoms with Crippen molar-refractivity contribution < 1.29 is 0 Å². The van der Waals surface area contributed by atoms with Crippen molar-refractivity contribution in [3.63, 3.8) is 0 Å². The molecular weight excluding hydrogens is 322 g/mol. The van der Waals surface area contributed by atoms with Crippen LogP contribution >= 0.6 is 24.8 Å². The number of thiol groups is 1. The quantitative estimate of drug-likeness (QED) is 0.397. The van der Waals surface area contributed by atoms with Crippen LogP contribution in [0.4, 0.5) is 0 Å². The highest BCUT2D eigenvalue weighted by molar-refractivity contribution is 7.80. The molecule has 112 valence electrons. The van der Waals surface area contributed by atoms with Gasteiger partial charge in [0.05, 0.1) is 11.7 Å². The van der Waals surface area contributed by atoms with E-state index < -0.39 is 0 Å². The molecular formula is C18H13N3S2. The van der Waals surface area contributed by atoms with Crippen LogP contribution in [0.3, 0.4) is 0 Å². The molecule has 0 fully saturated rings. The maximum Gasteiger partial charge on any atom is 0.139 e. The fourth-order valence-corrected chi connectivity index (χ4v) is 3.14. The minimum Gasteiger partial charge on any atom is -0.332 e. The molecule has 1 N–H and O–H groups in total. The summed E-state index contributed by atoms with van der Waals surface area (Å²) in [5, 5.41) is 0.957. The largest absolute Gasteiger partial charge is 0.332 e. The summed E-state index contributed by atoms with van der Waals surface area (Å²) in [6, 6.07) is 18.2. The molecule has 0 aliphatic carbocycles. The van der Waals surface area contributed by atoms with Gasteiger partial charge in [-0.3, -0.25) is 0 Å². The molecule has 0 saturated carbocycles. The maximum absolute atomic E-state index is 5.47. The minimum absolute atomic E-state index is 0.596. The van der Waals surface area contributed by atoms with Gasteiger partial charge in [-0.1, -0.05) is 42.5 Å². The van der Waals surface area contributed by atoms with Crippen molar-refractivity contribution in [1.29, 1.82) is 0 Å². The van der Waals surface area contributed by atoms with E-state index in [0.717, 1.165) is 32.7 Å². The summed E-state index contributed by atoms with van der Waals surface area (Å²) in [5.41, 5.74) is 4.18. The molecule has 4 aromatic rings. The van der Waals surface area contributed by atoms with E-state index in [4.69, 9.17) is 12.2 Å². The van der Waals surface area contributed by atoms with E-state index in [1.807, 2.05) is 42.5 Å². The van der Waals surface area contributed by atoms with Crippen molar-refractivity contribution in [3.05, 3.63) is 71.8 Å². The van der Waals surface area contributed by atoms with E-state index in [1.165, 1.54) is 0 Å². The van der Waals surface area contributed by atoms with Crippen molar-refractivity contribution in [1.82, 2.24) is 14.5 Å². The lowest BCUT2D eigenvalue weighted by molar-refractivity contribution is 1.07. The van der Waals surface area contributed by atoms with Crippen molar-refractivity contribution in [2.45, 2.75) is 4.90 Å². The monoisotopic (exact) mass is 335 g/mol. The predicted molar refractivity (Wildman–Crippen MR) is 98.9 cm³/mol. The molecule has 4 rings (SSSR count). The summed E-state index contributed by atoms with van der Waals surface area (Å²) in [6.07, 6.45) is 3.74. The van der Waals surface area contributed by atoms with Crippen molar-refractivity contribution in [2.24, 2.45) is 0 Å². The van der Waals surface area contributed by atoms with Gasteiger partial charge in [0, 0.05) is 22.3 Å². The number of hydrogen-bond donors (Lipinski definition) is 2. The van der Waals surface area contributed by atoms with Crippen LogP contribution in [-0.4, -0.2) is 14.5 Å². The van der Waals surface area contributed by atoms with Gasteiger partial charge in [0.15, 0.2) is 0 Å². The molecule has 2 aromatic carbocycles. The molecule has 0 unspecified atom stereocenters. The van der Waals surface area contributed by atoms with E-state index in [9.17, 15) is 0 Å². The van der Waals surface area contributed by atoms with Crippen LogP contribution in [0.5, 0.6) is 0 Å². The van der Waals surface area contributed by atoms with Gasteiger partial charge in [-0.05, 0) is 29.8 Å². The SMILES string of the molecule is S=c1nc[nH]c2c1c(-c1ccc(S)cc1)cn2-c1ccccc1. The Morgan fingerprint density at radius 3 is 2.48 bits per heavy atom. The van der Waals surface area contributed by atoms with Gasteiger partial charge in [-0.25, -0.2) is 4.98 Å². The number of aromatic nitrogens is 3. The third-order valence-electron chi connectivity index (χ3n) is 3.81. The second-order valence-electron chi connectivity index (χ2n) is 5.23. The van der Waals surface area contributed by atoms with Crippen LogP contribution < -0.4 is 0 Å². The van der Waals surface area contributed by atoms with Crippen molar-refractivity contribution in [3.8, 4) is 16.8 Å². The molecule has 3 nitrogen and oxygen atoms in total. The predicted octanol–water partition coefficient (Wildman–Crippen LogP) is 5.04. The number of para-hydroxylation sites is 1. The molecule has 0 atom stereocenters. The summed E-state index contributed by atoms with van der Waals surface area (Å²) in [5.74, 6) is 0. The smallest absolute Gasteiger partial charge is 0.139 e. The third kappa shape index (κ3) is 2.48. The standard InChI is InChI=1S/C18H13N3S2/c22-14-8-6-12(7-9-14)15-10-21(13-4-2-1-3-5-13)17-16(15)18(23)20-11-19-17/h1-11,22H,(H,19,20,23).